The quantitative estimate of drug-likeness (QED) is 0.775. The maximum atomic E-state index is 11.7. The summed E-state index contributed by atoms with van der Waals surface area (Å²) in [4.78, 5) is 11.7. The van der Waals surface area contributed by atoms with Crippen LogP contribution in [0, 0.1) is 0 Å². The van der Waals surface area contributed by atoms with Crippen LogP contribution < -0.4 is 0 Å². The van der Waals surface area contributed by atoms with Gasteiger partial charge in [-0.3, -0.25) is 13.9 Å². The molecule has 124 valence electrons. The molecule has 2 aromatic rings. The first-order chi connectivity index (χ1) is 10.5. The van der Waals surface area contributed by atoms with Gasteiger partial charge in [-0.1, -0.05) is 42.5 Å². The van der Waals surface area contributed by atoms with E-state index in [0.717, 1.165) is 5.39 Å². The predicted octanol–water partition coefficient (Wildman–Crippen LogP) is 1.44. The Balaban J connectivity index is 2.68. The van der Waals surface area contributed by atoms with Crippen LogP contribution in [0.1, 0.15) is 12.5 Å². The van der Waals surface area contributed by atoms with E-state index in [1.807, 2.05) is 0 Å². The second kappa shape index (κ2) is 5.68. The van der Waals surface area contributed by atoms with Crippen LogP contribution in [0.4, 0.5) is 0 Å². The van der Waals surface area contributed by atoms with Gasteiger partial charge in [-0.2, -0.15) is 16.8 Å². The van der Waals surface area contributed by atoms with Crippen molar-refractivity contribution in [1.29, 1.82) is 0 Å². The van der Waals surface area contributed by atoms with Gasteiger partial charge in [0.1, 0.15) is 0 Å². The number of hydrogen-bond acceptors (Lipinski definition) is 5. The summed E-state index contributed by atoms with van der Waals surface area (Å²) in [6.07, 6.45) is -0.898. The molecule has 0 bridgehead atoms. The SMILES string of the molecule is CC(=O)C(Cc1ccc2ccccc2c1)(S(=O)(=O)O)S(=O)(=O)O. The molecule has 9 heteroatoms. The van der Waals surface area contributed by atoms with Crippen molar-refractivity contribution in [2.75, 3.05) is 0 Å². The van der Waals surface area contributed by atoms with E-state index in [9.17, 15) is 30.7 Å². The number of rotatable bonds is 5. The summed E-state index contributed by atoms with van der Waals surface area (Å²) in [5, 5.41) is 1.51. The molecule has 0 aliphatic heterocycles. The van der Waals surface area contributed by atoms with Gasteiger partial charge in [0.05, 0.1) is 0 Å². The van der Waals surface area contributed by atoms with E-state index in [2.05, 4.69) is 0 Å². The molecule has 0 aliphatic carbocycles. The van der Waals surface area contributed by atoms with Crippen molar-refractivity contribution in [3.63, 3.8) is 0 Å². The van der Waals surface area contributed by atoms with Crippen molar-refractivity contribution in [2.45, 2.75) is 17.4 Å². The third-order valence-corrected chi connectivity index (χ3v) is 7.41. The summed E-state index contributed by atoms with van der Waals surface area (Å²) in [5.74, 6) is -1.39. The van der Waals surface area contributed by atoms with Crippen LogP contribution >= 0.6 is 0 Å². The number of fused-ring (bicyclic) bond motifs is 1. The average Bonchev–Trinajstić information content (AvgIpc) is 2.41. The summed E-state index contributed by atoms with van der Waals surface area (Å²) < 4.78 is 61.7. The Morgan fingerprint density at radius 1 is 0.957 bits per heavy atom. The van der Waals surface area contributed by atoms with Gasteiger partial charge >= 0.3 is 0 Å². The fourth-order valence-electron chi connectivity index (χ4n) is 2.42. The Labute approximate surface area is 133 Å². The average molecular weight is 358 g/mol. The van der Waals surface area contributed by atoms with Gasteiger partial charge < -0.3 is 0 Å². The molecule has 0 aliphatic rings. The fourth-order valence-corrected chi connectivity index (χ4v) is 4.91. The van der Waals surface area contributed by atoms with E-state index in [1.54, 1.807) is 30.3 Å². The largest absolute Gasteiger partial charge is 0.297 e. The topological polar surface area (TPSA) is 126 Å². The lowest BCUT2D eigenvalue weighted by Gasteiger charge is -2.24. The molecule has 0 atom stereocenters. The number of hydrogen-bond donors (Lipinski definition) is 2. The summed E-state index contributed by atoms with van der Waals surface area (Å²) >= 11 is 0. The zero-order valence-electron chi connectivity index (χ0n) is 12.0. The molecule has 7 nitrogen and oxygen atoms in total. The van der Waals surface area contributed by atoms with Crippen LogP contribution in [0.5, 0.6) is 0 Å². The summed E-state index contributed by atoms with van der Waals surface area (Å²) in [6.45, 7) is 0.683. The van der Waals surface area contributed by atoms with Crippen LogP contribution in [0.2, 0.25) is 0 Å². The minimum atomic E-state index is -5.42. The molecule has 2 rings (SSSR count). The van der Waals surface area contributed by atoms with Crippen molar-refractivity contribution in [3.05, 3.63) is 48.0 Å². The Hall–Kier alpha value is -1.81. The Morgan fingerprint density at radius 2 is 1.48 bits per heavy atom. The monoisotopic (exact) mass is 358 g/mol. The molecule has 0 fully saturated rings. The predicted molar refractivity (Wildman–Crippen MR) is 84.2 cm³/mol. The number of ketones is 1. The van der Waals surface area contributed by atoms with Gasteiger partial charge in [0.15, 0.2) is 5.78 Å². The maximum Gasteiger partial charge on any atom is 0.295 e. The van der Waals surface area contributed by atoms with Gasteiger partial charge in [0, 0.05) is 6.42 Å². The molecule has 0 saturated heterocycles. The van der Waals surface area contributed by atoms with E-state index < -0.39 is 36.5 Å². The fraction of sp³-hybridized carbons (Fsp3) is 0.214. The van der Waals surface area contributed by atoms with Crippen molar-refractivity contribution >= 4 is 36.8 Å². The molecule has 0 spiro atoms. The van der Waals surface area contributed by atoms with Crippen LogP contribution in [0.15, 0.2) is 42.5 Å². The highest BCUT2D eigenvalue weighted by Gasteiger charge is 2.59. The molecule has 0 unspecified atom stereocenters. The lowest BCUT2D eigenvalue weighted by molar-refractivity contribution is -0.117. The highest BCUT2D eigenvalue weighted by Crippen LogP contribution is 2.30. The van der Waals surface area contributed by atoms with E-state index >= 15 is 0 Å². The second-order valence-electron chi connectivity index (χ2n) is 5.12. The lowest BCUT2D eigenvalue weighted by atomic mass is 10.0. The van der Waals surface area contributed by atoms with Crippen molar-refractivity contribution < 1.29 is 30.7 Å². The first kappa shape index (κ1) is 17.5. The van der Waals surface area contributed by atoms with Crippen molar-refractivity contribution in [3.8, 4) is 0 Å². The Morgan fingerprint density at radius 3 is 1.96 bits per heavy atom. The minimum absolute atomic E-state index is 0.161. The first-order valence-electron chi connectivity index (χ1n) is 6.42. The molecule has 2 N–H and O–H groups in total. The smallest absolute Gasteiger partial charge is 0.295 e. The lowest BCUT2D eigenvalue weighted by Crippen LogP contribution is -2.53. The van der Waals surface area contributed by atoms with E-state index in [4.69, 9.17) is 0 Å². The second-order valence-corrected chi connectivity index (χ2v) is 8.67. The third-order valence-electron chi connectivity index (χ3n) is 3.62. The summed E-state index contributed by atoms with van der Waals surface area (Å²) in [5.41, 5.74) is 0.161. The van der Waals surface area contributed by atoms with Gasteiger partial charge in [-0.15, -0.1) is 0 Å². The number of carbonyl (C=O) groups is 1. The van der Waals surface area contributed by atoms with Crippen LogP contribution in [-0.4, -0.2) is 35.8 Å². The van der Waals surface area contributed by atoms with Gasteiger partial charge in [-0.05, 0) is 23.3 Å². The van der Waals surface area contributed by atoms with Crippen molar-refractivity contribution in [2.24, 2.45) is 0 Å². The summed E-state index contributed by atoms with van der Waals surface area (Å²) in [7, 11) is -10.8. The molecule has 0 radical (unpaired) electrons. The highest BCUT2D eigenvalue weighted by molar-refractivity contribution is 8.06. The number of benzene rings is 2. The molecular formula is C14H14O7S2. The number of carbonyl (C=O) groups excluding carboxylic acids is 1. The molecule has 23 heavy (non-hydrogen) atoms. The molecule has 0 saturated carbocycles. The van der Waals surface area contributed by atoms with E-state index in [-0.39, 0.29) is 5.56 Å². The van der Waals surface area contributed by atoms with Crippen LogP contribution in [0.25, 0.3) is 10.8 Å². The van der Waals surface area contributed by atoms with Gasteiger partial charge in [-0.25, -0.2) is 0 Å². The standard InChI is InChI=1S/C14H14O7S2/c1-10(15)14(22(16,17)18,23(19,20)21)9-11-6-7-12-4-2-3-5-13(12)8-11/h2-8H,9H2,1H3,(H,16,17,18)(H,19,20,21). The van der Waals surface area contributed by atoms with Crippen LogP contribution in [0.3, 0.4) is 0 Å². The van der Waals surface area contributed by atoms with E-state index in [0.29, 0.717) is 12.3 Å². The molecule has 2 aromatic carbocycles. The zero-order valence-corrected chi connectivity index (χ0v) is 13.6. The normalized spacial score (nSPS) is 13.2. The first-order valence-corrected chi connectivity index (χ1v) is 9.30. The van der Waals surface area contributed by atoms with Crippen LogP contribution in [-0.2, 0) is 31.5 Å². The molecule has 0 heterocycles. The Kier molecular flexibility index (Phi) is 4.33. The highest BCUT2D eigenvalue weighted by atomic mass is 32.3. The molecular weight excluding hydrogens is 344 g/mol. The molecule has 0 aromatic heterocycles. The van der Waals surface area contributed by atoms with Crippen molar-refractivity contribution in [1.82, 2.24) is 0 Å². The zero-order chi connectivity index (χ0) is 17.5. The third kappa shape index (κ3) is 3.00. The Bertz CT molecular complexity index is 943. The van der Waals surface area contributed by atoms with Gasteiger partial charge in [0.2, 0.25) is 0 Å². The number of Topliss-reactive ketones (excluding diaryl/α,β-unsaturated/α-hetero) is 1. The minimum Gasteiger partial charge on any atom is -0.297 e. The van der Waals surface area contributed by atoms with Gasteiger partial charge in [0.25, 0.3) is 24.3 Å². The van der Waals surface area contributed by atoms with E-state index in [1.165, 1.54) is 12.1 Å². The summed E-state index contributed by atoms with van der Waals surface area (Å²) in [6, 6.07) is 11.6. The molecule has 0 amide bonds. The maximum absolute atomic E-state index is 11.7.